The van der Waals surface area contributed by atoms with Gasteiger partial charge in [-0.15, -0.1) is 0 Å². The van der Waals surface area contributed by atoms with Crippen LogP contribution in [0.4, 0.5) is 5.69 Å². The summed E-state index contributed by atoms with van der Waals surface area (Å²) < 4.78 is 0. The van der Waals surface area contributed by atoms with Crippen molar-refractivity contribution in [2.24, 2.45) is 5.92 Å². The summed E-state index contributed by atoms with van der Waals surface area (Å²) in [5, 5.41) is 6.59. The monoisotopic (exact) mass is 303 g/mol. The van der Waals surface area contributed by atoms with Crippen LogP contribution in [0.25, 0.3) is 0 Å². The highest BCUT2D eigenvalue weighted by Gasteiger charge is 2.20. The van der Waals surface area contributed by atoms with E-state index in [0.29, 0.717) is 12.6 Å². The fraction of sp³-hybridized carbons (Fsp3) is 0.611. The second-order valence-corrected chi connectivity index (χ2v) is 6.60. The van der Waals surface area contributed by atoms with Crippen LogP contribution in [0.15, 0.2) is 30.3 Å². The highest BCUT2D eigenvalue weighted by Crippen LogP contribution is 2.11. The quantitative estimate of drug-likeness (QED) is 0.814. The molecule has 0 unspecified atom stereocenters. The molecule has 0 spiro atoms. The van der Waals surface area contributed by atoms with Crippen LogP contribution >= 0.6 is 0 Å². The molecule has 1 aromatic rings. The summed E-state index contributed by atoms with van der Waals surface area (Å²) in [6, 6.07) is 10.3. The van der Waals surface area contributed by atoms with Crippen LogP contribution in [-0.2, 0) is 4.79 Å². The van der Waals surface area contributed by atoms with Gasteiger partial charge in [0.15, 0.2) is 0 Å². The molecule has 0 aromatic heterocycles. The van der Waals surface area contributed by atoms with Crippen molar-refractivity contribution in [1.82, 2.24) is 10.2 Å². The fourth-order valence-electron chi connectivity index (χ4n) is 2.80. The van der Waals surface area contributed by atoms with Crippen molar-refractivity contribution in [3.05, 3.63) is 30.3 Å². The van der Waals surface area contributed by atoms with Crippen LogP contribution in [0.3, 0.4) is 0 Å². The highest BCUT2D eigenvalue weighted by atomic mass is 16.2. The molecule has 1 amide bonds. The van der Waals surface area contributed by atoms with E-state index in [0.717, 1.165) is 44.1 Å². The Morgan fingerprint density at radius 1 is 1.23 bits per heavy atom. The number of carbonyl (C=O) groups excluding carboxylic acids is 1. The SMILES string of the molecule is CC(C)CCNC1CCN(CC(=O)Nc2ccccc2)CC1. The van der Waals surface area contributed by atoms with Gasteiger partial charge in [-0.3, -0.25) is 9.69 Å². The van der Waals surface area contributed by atoms with Gasteiger partial charge in [0.25, 0.3) is 0 Å². The topological polar surface area (TPSA) is 44.4 Å². The smallest absolute Gasteiger partial charge is 0.238 e. The molecule has 0 radical (unpaired) electrons. The average Bonchev–Trinajstić information content (AvgIpc) is 2.49. The van der Waals surface area contributed by atoms with Gasteiger partial charge in [-0.25, -0.2) is 0 Å². The van der Waals surface area contributed by atoms with Crippen LogP contribution in [-0.4, -0.2) is 43.0 Å². The zero-order valence-electron chi connectivity index (χ0n) is 13.8. The van der Waals surface area contributed by atoms with Gasteiger partial charge in [0, 0.05) is 24.8 Å². The van der Waals surface area contributed by atoms with E-state index in [-0.39, 0.29) is 5.91 Å². The van der Waals surface area contributed by atoms with E-state index in [2.05, 4.69) is 29.4 Å². The fourth-order valence-corrected chi connectivity index (χ4v) is 2.80. The van der Waals surface area contributed by atoms with Gasteiger partial charge in [0.2, 0.25) is 5.91 Å². The maximum atomic E-state index is 12.0. The minimum Gasteiger partial charge on any atom is -0.325 e. The number of nitrogens with zero attached hydrogens (tertiary/aromatic N) is 1. The maximum Gasteiger partial charge on any atom is 0.238 e. The van der Waals surface area contributed by atoms with Gasteiger partial charge in [-0.1, -0.05) is 32.0 Å². The zero-order valence-corrected chi connectivity index (χ0v) is 13.8. The third-order valence-electron chi connectivity index (χ3n) is 4.17. The Kier molecular flexibility index (Phi) is 6.87. The number of hydrogen-bond donors (Lipinski definition) is 2. The predicted molar refractivity (Wildman–Crippen MR) is 92.0 cm³/mol. The first-order chi connectivity index (χ1) is 10.6. The number of para-hydroxylation sites is 1. The third kappa shape index (κ3) is 6.16. The van der Waals surface area contributed by atoms with E-state index >= 15 is 0 Å². The molecule has 1 aromatic carbocycles. The molecule has 2 N–H and O–H groups in total. The first kappa shape index (κ1) is 17.0. The second kappa shape index (κ2) is 8.91. The minimum atomic E-state index is 0.0809. The number of likely N-dealkylation sites (tertiary alicyclic amines) is 1. The molecule has 0 atom stereocenters. The van der Waals surface area contributed by atoms with Crippen molar-refractivity contribution in [2.45, 2.75) is 39.2 Å². The van der Waals surface area contributed by atoms with Crippen molar-refractivity contribution in [1.29, 1.82) is 0 Å². The van der Waals surface area contributed by atoms with Gasteiger partial charge in [0.05, 0.1) is 6.54 Å². The zero-order chi connectivity index (χ0) is 15.8. The molecule has 4 heteroatoms. The molecule has 1 aliphatic heterocycles. The molecular weight excluding hydrogens is 274 g/mol. The maximum absolute atomic E-state index is 12.0. The predicted octanol–water partition coefficient (Wildman–Crippen LogP) is 2.73. The Bertz CT molecular complexity index is 439. The van der Waals surface area contributed by atoms with Gasteiger partial charge >= 0.3 is 0 Å². The van der Waals surface area contributed by atoms with E-state index in [4.69, 9.17) is 0 Å². The number of rotatable bonds is 7. The summed E-state index contributed by atoms with van der Waals surface area (Å²) in [5.74, 6) is 0.840. The number of anilines is 1. The summed E-state index contributed by atoms with van der Waals surface area (Å²) in [6.45, 7) is 8.12. The van der Waals surface area contributed by atoms with Crippen LogP contribution in [0.5, 0.6) is 0 Å². The number of amides is 1. The Balaban J connectivity index is 1.63. The number of carbonyl (C=O) groups is 1. The molecule has 1 heterocycles. The molecule has 0 bridgehead atoms. The largest absolute Gasteiger partial charge is 0.325 e. The van der Waals surface area contributed by atoms with Crippen molar-refractivity contribution >= 4 is 11.6 Å². The summed E-state index contributed by atoms with van der Waals surface area (Å²) in [7, 11) is 0. The number of piperidine rings is 1. The number of nitrogens with one attached hydrogen (secondary N) is 2. The van der Waals surface area contributed by atoms with E-state index in [9.17, 15) is 4.79 Å². The number of hydrogen-bond acceptors (Lipinski definition) is 3. The van der Waals surface area contributed by atoms with Crippen molar-refractivity contribution in [3.8, 4) is 0 Å². The second-order valence-electron chi connectivity index (χ2n) is 6.60. The van der Waals surface area contributed by atoms with Crippen LogP contribution in [0.2, 0.25) is 0 Å². The Labute approximate surface area is 134 Å². The lowest BCUT2D eigenvalue weighted by molar-refractivity contribution is -0.117. The molecule has 2 rings (SSSR count). The lowest BCUT2D eigenvalue weighted by Gasteiger charge is -2.32. The van der Waals surface area contributed by atoms with E-state index < -0.39 is 0 Å². The molecule has 1 aliphatic rings. The van der Waals surface area contributed by atoms with Crippen molar-refractivity contribution < 1.29 is 4.79 Å². The average molecular weight is 303 g/mol. The lowest BCUT2D eigenvalue weighted by Crippen LogP contribution is -2.45. The molecule has 1 fully saturated rings. The van der Waals surface area contributed by atoms with Crippen LogP contribution in [0.1, 0.15) is 33.1 Å². The molecule has 22 heavy (non-hydrogen) atoms. The molecule has 1 saturated heterocycles. The van der Waals surface area contributed by atoms with E-state index in [1.165, 1.54) is 6.42 Å². The van der Waals surface area contributed by atoms with Crippen molar-refractivity contribution in [2.75, 3.05) is 31.5 Å². The normalized spacial score (nSPS) is 16.9. The molecule has 122 valence electrons. The highest BCUT2D eigenvalue weighted by molar-refractivity contribution is 5.92. The van der Waals surface area contributed by atoms with Crippen LogP contribution < -0.4 is 10.6 Å². The summed E-state index contributed by atoms with van der Waals surface area (Å²) in [6.07, 6.45) is 3.51. The van der Waals surface area contributed by atoms with Crippen molar-refractivity contribution in [3.63, 3.8) is 0 Å². The number of benzene rings is 1. The van der Waals surface area contributed by atoms with Gasteiger partial charge in [-0.05, 0) is 43.9 Å². The first-order valence-electron chi connectivity index (χ1n) is 8.44. The molecular formula is C18H29N3O. The Hall–Kier alpha value is -1.39. The lowest BCUT2D eigenvalue weighted by atomic mass is 10.0. The summed E-state index contributed by atoms with van der Waals surface area (Å²) in [5.41, 5.74) is 0.873. The van der Waals surface area contributed by atoms with Gasteiger partial charge < -0.3 is 10.6 Å². The standard InChI is InChI=1S/C18H29N3O/c1-15(2)8-11-19-16-9-12-21(13-10-16)14-18(22)20-17-6-4-3-5-7-17/h3-7,15-16,19H,8-14H2,1-2H3,(H,20,22). The van der Waals surface area contributed by atoms with E-state index in [1.54, 1.807) is 0 Å². The molecule has 4 nitrogen and oxygen atoms in total. The summed E-state index contributed by atoms with van der Waals surface area (Å²) in [4.78, 5) is 14.3. The van der Waals surface area contributed by atoms with E-state index in [1.807, 2.05) is 30.3 Å². The minimum absolute atomic E-state index is 0.0809. The van der Waals surface area contributed by atoms with Gasteiger partial charge in [-0.2, -0.15) is 0 Å². The molecule has 0 aliphatic carbocycles. The first-order valence-corrected chi connectivity index (χ1v) is 8.44. The van der Waals surface area contributed by atoms with Crippen LogP contribution in [0, 0.1) is 5.92 Å². The Morgan fingerprint density at radius 2 is 1.91 bits per heavy atom. The van der Waals surface area contributed by atoms with Gasteiger partial charge in [0.1, 0.15) is 0 Å². The third-order valence-corrected chi connectivity index (χ3v) is 4.17. The molecule has 0 saturated carbocycles. The summed E-state index contributed by atoms with van der Waals surface area (Å²) >= 11 is 0. The Morgan fingerprint density at radius 3 is 2.55 bits per heavy atom.